The molecule has 0 nitrogen and oxygen atoms in total. The van der Waals surface area contributed by atoms with Crippen molar-refractivity contribution in [1.29, 1.82) is 0 Å². The molecule has 7 heavy (non-hydrogen) atoms. The van der Waals surface area contributed by atoms with Gasteiger partial charge >= 0.3 is 0 Å². The Morgan fingerprint density at radius 2 is 1.43 bits per heavy atom. The first-order chi connectivity index (χ1) is 3.41. The predicted octanol–water partition coefficient (Wildman–Crippen LogP) is 3.14. The van der Waals surface area contributed by atoms with Gasteiger partial charge in [0.1, 0.15) is 0 Å². The monoisotopic (exact) mass is 154 g/mol. The summed E-state index contributed by atoms with van der Waals surface area (Å²) in [6, 6.07) is 0. The van der Waals surface area contributed by atoms with E-state index in [9.17, 15) is 0 Å². The van der Waals surface area contributed by atoms with E-state index in [4.69, 9.17) is 23.2 Å². The van der Waals surface area contributed by atoms with Crippen molar-refractivity contribution in [2.75, 3.05) is 0 Å². The first-order valence-corrected chi connectivity index (χ1v) is 3.39. The Hall–Kier alpha value is 0.410. The summed E-state index contributed by atoms with van der Waals surface area (Å²) in [5.41, 5.74) is 2.86. The molecule has 0 saturated carbocycles. The first-order valence-electron chi connectivity index (χ1n) is 1.57. The van der Waals surface area contributed by atoms with Crippen LogP contribution in [0.15, 0.2) is 21.9 Å². The van der Waals surface area contributed by atoms with Crippen molar-refractivity contribution >= 4 is 35.0 Å². The fraction of sp³-hybridized carbons (Fsp3) is 0. The van der Waals surface area contributed by atoms with Gasteiger partial charge in [-0.1, -0.05) is 23.2 Å². The van der Waals surface area contributed by atoms with Crippen LogP contribution in [0.25, 0.3) is 0 Å². The number of thioether (sulfide) groups is 1. The Kier molecular flexibility index (Phi) is 6.79. The van der Waals surface area contributed by atoms with E-state index in [1.54, 1.807) is 10.8 Å². The minimum Gasteiger partial charge on any atom is -0.104 e. The summed E-state index contributed by atoms with van der Waals surface area (Å²) in [6.07, 6.45) is 0. The van der Waals surface area contributed by atoms with Gasteiger partial charge in [-0.05, 0) is 10.8 Å². The van der Waals surface area contributed by atoms with Crippen LogP contribution in [-0.2, 0) is 0 Å². The second-order valence-corrected chi connectivity index (χ2v) is 1.98. The molecule has 0 saturated heterocycles. The number of halogens is 2. The van der Waals surface area contributed by atoms with Crippen LogP contribution >= 0.6 is 35.0 Å². The zero-order chi connectivity index (χ0) is 5.54. The molecule has 0 atom stereocenters. The molecule has 0 bridgehead atoms. The SMILES string of the molecule is Cl/C=C\S/C=C/Cl. The smallest absolute Gasteiger partial charge is 0.0109 e. The van der Waals surface area contributed by atoms with Gasteiger partial charge in [0.2, 0.25) is 0 Å². The second kappa shape index (κ2) is 6.41. The van der Waals surface area contributed by atoms with Gasteiger partial charge < -0.3 is 0 Å². The molecule has 0 aromatic rings. The summed E-state index contributed by atoms with van der Waals surface area (Å²) < 4.78 is 0. The highest BCUT2D eigenvalue weighted by atomic mass is 35.5. The highest BCUT2D eigenvalue weighted by Crippen LogP contribution is 2.04. The van der Waals surface area contributed by atoms with Crippen LogP contribution < -0.4 is 0 Å². The number of hydrogen-bond donors (Lipinski definition) is 0. The van der Waals surface area contributed by atoms with Gasteiger partial charge in [-0.3, -0.25) is 0 Å². The van der Waals surface area contributed by atoms with E-state index in [0.717, 1.165) is 0 Å². The molecular weight excluding hydrogens is 151 g/mol. The summed E-state index contributed by atoms with van der Waals surface area (Å²) in [6.45, 7) is 0. The third-order valence-electron chi connectivity index (χ3n) is 0.260. The van der Waals surface area contributed by atoms with E-state index in [1.807, 2.05) is 0 Å². The molecule has 0 fully saturated rings. The lowest BCUT2D eigenvalue weighted by molar-refractivity contribution is 2.46. The van der Waals surface area contributed by atoms with Crippen LogP contribution in [0, 0.1) is 0 Å². The topological polar surface area (TPSA) is 0 Å². The lowest BCUT2D eigenvalue weighted by Crippen LogP contribution is -1.34. The summed E-state index contributed by atoms with van der Waals surface area (Å²) in [5, 5.41) is 3.45. The van der Waals surface area contributed by atoms with Crippen LogP contribution in [0.5, 0.6) is 0 Å². The standard InChI is InChI=1S/C4H4Cl2S/c5-1-3-7-4-2-6/h1-4H/b3-1-,4-2+. The van der Waals surface area contributed by atoms with E-state index in [1.165, 1.54) is 22.8 Å². The molecule has 0 N–H and O–H groups in total. The zero-order valence-electron chi connectivity index (χ0n) is 3.47. The average molecular weight is 155 g/mol. The van der Waals surface area contributed by atoms with Gasteiger partial charge in [0.25, 0.3) is 0 Å². The molecule has 0 aromatic heterocycles. The summed E-state index contributed by atoms with van der Waals surface area (Å²) in [5.74, 6) is 0. The van der Waals surface area contributed by atoms with E-state index in [2.05, 4.69) is 0 Å². The predicted molar refractivity (Wildman–Crippen MR) is 37.6 cm³/mol. The van der Waals surface area contributed by atoms with Gasteiger partial charge in [-0.2, -0.15) is 0 Å². The van der Waals surface area contributed by atoms with Crippen molar-refractivity contribution in [3.05, 3.63) is 21.9 Å². The van der Waals surface area contributed by atoms with Gasteiger partial charge in [0, 0.05) is 11.1 Å². The minimum atomic E-state index is 1.43. The van der Waals surface area contributed by atoms with Gasteiger partial charge in [0.15, 0.2) is 0 Å². The Bertz CT molecular complexity index is 67.8. The lowest BCUT2D eigenvalue weighted by Gasteiger charge is -1.71. The molecule has 0 spiro atoms. The van der Waals surface area contributed by atoms with Crippen LogP contribution in [0.1, 0.15) is 0 Å². The first kappa shape index (κ1) is 7.41. The van der Waals surface area contributed by atoms with Gasteiger partial charge in [0.05, 0.1) is 0 Å². The van der Waals surface area contributed by atoms with Crippen molar-refractivity contribution < 1.29 is 0 Å². The molecule has 0 rings (SSSR count). The minimum absolute atomic E-state index is 1.43. The maximum absolute atomic E-state index is 5.16. The van der Waals surface area contributed by atoms with Crippen LogP contribution in [0.4, 0.5) is 0 Å². The molecule has 0 amide bonds. The molecule has 0 aromatic carbocycles. The zero-order valence-corrected chi connectivity index (χ0v) is 5.80. The molecule has 0 aliphatic rings. The van der Waals surface area contributed by atoms with Gasteiger partial charge in [-0.25, -0.2) is 0 Å². The molecule has 0 heterocycles. The molecule has 40 valence electrons. The van der Waals surface area contributed by atoms with Crippen molar-refractivity contribution in [1.82, 2.24) is 0 Å². The van der Waals surface area contributed by atoms with Crippen molar-refractivity contribution in [2.24, 2.45) is 0 Å². The van der Waals surface area contributed by atoms with Crippen molar-refractivity contribution in [3.63, 3.8) is 0 Å². The Labute approximate surface area is 57.2 Å². The van der Waals surface area contributed by atoms with Gasteiger partial charge in [-0.15, -0.1) is 11.8 Å². The fourth-order valence-corrected chi connectivity index (χ4v) is 0.671. The third-order valence-corrected chi connectivity index (χ3v) is 1.40. The van der Waals surface area contributed by atoms with Crippen LogP contribution in [0.3, 0.4) is 0 Å². The van der Waals surface area contributed by atoms with E-state index in [-0.39, 0.29) is 0 Å². The highest BCUT2D eigenvalue weighted by molar-refractivity contribution is 8.04. The van der Waals surface area contributed by atoms with Crippen LogP contribution in [-0.4, -0.2) is 0 Å². The number of rotatable bonds is 2. The Morgan fingerprint density at radius 1 is 1.00 bits per heavy atom. The van der Waals surface area contributed by atoms with E-state index in [0.29, 0.717) is 0 Å². The second-order valence-electron chi connectivity index (χ2n) is 0.660. The Morgan fingerprint density at radius 3 is 1.71 bits per heavy atom. The normalized spacial score (nSPS) is 11.7. The molecule has 0 aliphatic carbocycles. The summed E-state index contributed by atoms with van der Waals surface area (Å²) in [7, 11) is 0. The molecule has 0 aliphatic heterocycles. The highest BCUT2D eigenvalue weighted by Gasteiger charge is 1.63. The van der Waals surface area contributed by atoms with E-state index < -0.39 is 0 Å². The van der Waals surface area contributed by atoms with E-state index >= 15 is 0 Å². The third kappa shape index (κ3) is 6.41. The molecule has 3 heteroatoms. The Balaban J connectivity index is 2.98. The van der Waals surface area contributed by atoms with Crippen LogP contribution in [0.2, 0.25) is 0 Å². The summed E-state index contributed by atoms with van der Waals surface area (Å²) >= 11 is 11.7. The maximum Gasteiger partial charge on any atom is 0.0109 e. The summed E-state index contributed by atoms with van der Waals surface area (Å²) in [4.78, 5) is 0. The largest absolute Gasteiger partial charge is 0.104 e. The average Bonchev–Trinajstić information content (AvgIpc) is 1.69. The quantitative estimate of drug-likeness (QED) is 0.590. The number of hydrogen-bond acceptors (Lipinski definition) is 1. The maximum atomic E-state index is 5.16. The lowest BCUT2D eigenvalue weighted by atomic mass is 11.2. The van der Waals surface area contributed by atoms with Crippen molar-refractivity contribution in [3.8, 4) is 0 Å². The molecular formula is C4H4Cl2S. The molecule has 0 radical (unpaired) electrons. The molecule has 0 unspecified atom stereocenters. The fourth-order valence-electron chi connectivity index (χ4n) is 0.105. The van der Waals surface area contributed by atoms with Crippen molar-refractivity contribution in [2.45, 2.75) is 0 Å².